The van der Waals surface area contributed by atoms with E-state index in [-0.39, 0.29) is 24.3 Å². The number of urea groups is 1. The number of methoxy groups -OCH3 is 1. The fourth-order valence-electron chi connectivity index (χ4n) is 2.70. The van der Waals surface area contributed by atoms with E-state index in [9.17, 15) is 35.9 Å². The molecule has 2 aromatic rings. The molecule has 0 saturated heterocycles. The van der Waals surface area contributed by atoms with Crippen molar-refractivity contribution in [2.24, 2.45) is 0 Å². The highest BCUT2D eigenvalue weighted by Gasteiger charge is 2.38. The van der Waals surface area contributed by atoms with Crippen LogP contribution in [0.1, 0.15) is 39.5 Å². The third-order valence-corrected chi connectivity index (χ3v) is 5.17. The summed E-state index contributed by atoms with van der Waals surface area (Å²) in [5, 5.41) is 3.91. The van der Waals surface area contributed by atoms with Crippen LogP contribution in [0.15, 0.2) is 23.6 Å². The molecule has 0 atom stereocenters. The fourth-order valence-corrected chi connectivity index (χ4v) is 3.46. The van der Waals surface area contributed by atoms with Crippen molar-refractivity contribution in [3.8, 4) is 0 Å². The van der Waals surface area contributed by atoms with Crippen LogP contribution >= 0.6 is 11.3 Å². The van der Waals surface area contributed by atoms with E-state index in [0.717, 1.165) is 11.3 Å². The number of nitrogens with zero attached hydrogens (tertiary/aromatic N) is 2. The van der Waals surface area contributed by atoms with Gasteiger partial charge in [0.1, 0.15) is 5.01 Å². The third kappa shape index (κ3) is 5.66. The van der Waals surface area contributed by atoms with Gasteiger partial charge in [0.25, 0.3) is 0 Å². The van der Waals surface area contributed by atoms with Gasteiger partial charge in [-0.3, -0.25) is 0 Å². The summed E-state index contributed by atoms with van der Waals surface area (Å²) >= 11 is 1.07. The van der Waals surface area contributed by atoms with E-state index >= 15 is 0 Å². The van der Waals surface area contributed by atoms with E-state index in [1.54, 1.807) is 0 Å². The Hall–Kier alpha value is -2.83. The summed E-state index contributed by atoms with van der Waals surface area (Å²) in [4.78, 5) is 29.5. The van der Waals surface area contributed by atoms with Crippen molar-refractivity contribution in [2.45, 2.75) is 37.8 Å². The van der Waals surface area contributed by atoms with Crippen LogP contribution in [0.2, 0.25) is 0 Å². The maximum atomic E-state index is 13.0. The molecule has 3 rings (SSSR count). The van der Waals surface area contributed by atoms with Gasteiger partial charge >= 0.3 is 24.4 Å². The van der Waals surface area contributed by atoms with E-state index in [1.807, 2.05) is 0 Å². The van der Waals surface area contributed by atoms with E-state index in [4.69, 9.17) is 0 Å². The molecule has 1 aromatic carbocycles. The number of benzene rings is 1. The molecule has 1 aromatic heterocycles. The minimum atomic E-state index is -5.03. The number of alkyl halides is 6. The molecule has 0 radical (unpaired) electrons. The van der Waals surface area contributed by atoms with Crippen molar-refractivity contribution in [2.75, 3.05) is 12.4 Å². The minimum absolute atomic E-state index is 0.0157. The maximum absolute atomic E-state index is 13.0. The zero-order valence-corrected chi connectivity index (χ0v) is 16.6. The molecule has 13 heteroatoms. The summed E-state index contributed by atoms with van der Waals surface area (Å²) in [5.74, 6) is -0.673. The van der Waals surface area contributed by atoms with Crippen LogP contribution in [0.25, 0.3) is 0 Å². The number of rotatable bonds is 5. The minimum Gasteiger partial charge on any atom is -0.464 e. The van der Waals surface area contributed by atoms with E-state index < -0.39 is 41.2 Å². The molecule has 1 aliphatic rings. The van der Waals surface area contributed by atoms with E-state index in [0.29, 0.717) is 30.0 Å². The quantitative estimate of drug-likeness (QED) is 0.487. The van der Waals surface area contributed by atoms with Gasteiger partial charge in [-0.1, -0.05) is 0 Å². The van der Waals surface area contributed by atoms with Gasteiger partial charge in [0.05, 0.1) is 24.8 Å². The van der Waals surface area contributed by atoms with Gasteiger partial charge in [-0.15, -0.1) is 11.3 Å². The highest BCUT2D eigenvalue weighted by atomic mass is 32.1. The number of thiazole rings is 1. The largest absolute Gasteiger partial charge is 0.464 e. The normalized spacial score (nSPS) is 14.3. The smallest absolute Gasteiger partial charge is 0.416 e. The number of carbonyl (C=O) groups excluding carboxylic acids is 2. The van der Waals surface area contributed by atoms with Gasteiger partial charge in [0, 0.05) is 17.1 Å². The van der Waals surface area contributed by atoms with Crippen molar-refractivity contribution >= 4 is 29.0 Å². The summed E-state index contributed by atoms with van der Waals surface area (Å²) in [6.07, 6.45) is -8.80. The van der Waals surface area contributed by atoms with Crippen LogP contribution < -0.4 is 5.32 Å². The number of aromatic nitrogens is 1. The molecular formula is C18H15F6N3O3S. The number of anilines is 1. The molecule has 6 nitrogen and oxygen atoms in total. The molecule has 1 N–H and O–H groups in total. The fraction of sp³-hybridized carbons (Fsp3) is 0.389. The average molecular weight is 467 g/mol. The molecule has 0 aliphatic heterocycles. The topological polar surface area (TPSA) is 71.5 Å². The highest BCUT2D eigenvalue weighted by Crippen LogP contribution is 2.38. The summed E-state index contributed by atoms with van der Waals surface area (Å²) in [7, 11) is 1.18. The molecule has 31 heavy (non-hydrogen) atoms. The van der Waals surface area contributed by atoms with E-state index in [1.165, 1.54) is 17.4 Å². The van der Waals surface area contributed by atoms with Crippen LogP contribution in [0.4, 0.5) is 36.8 Å². The third-order valence-electron chi connectivity index (χ3n) is 4.34. The molecule has 0 unspecified atom stereocenters. The Balaban J connectivity index is 1.82. The first-order chi connectivity index (χ1) is 14.4. The summed E-state index contributed by atoms with van der Waals surface area (Å²) in [5.41, 5.74) is -3.66. The van der Waals surface area contributed by atoms with Crippen molar-refractivity contribution in [3.63, 3.8) is 0 Å². The Bertz CT molecular complexity index is 952. The molecule has 1 heterocycles. The lowest BCUT2D eigenvalue weighted by molar-refractivity contribution is -0.143. The van der Waals surface area contributed by atoms with E-state index in [2.05, 4.69) is 15.0 Å². The van der Waals surface area contributed by atoms with Gasteiger partial charge < -0.3 is 15.0 Å². The van der Waals surface area contributed by atoms with Crippen LogP contribution in [0.3, 0.4) is 0 Å². The van der Waals surface area contributed by atoms with Crippen molar-refractivity contribution in [1.82, 2.24) is 9.88 Å². The first kappa shape index (κ1) is 22.8. The number of esters is 1. The Kier molecular flexibility index (Phi) is 6.16. The number of carbonyl (C=O) groups is 2. The number of nitrogens with one attached hydrogen (secondary N) is 1. The van der Waals surface area contributed by atoms with Crippen LogP contribution in [-0.2, 0) is 23.6 Å². The zero-order chi connectivity index (χ0) is 23.0. The van der Waals surface area contributed by atoms with Crippen LogP contribution in [-0.4, -0.2) is 35.0 Å². The van der Waals surface area contributed by atoms with Crippen LogP contribution in [0, 0.1) is 0 Å². The lowest BCUT2D eigenvalue weighted by Crippen LogP contribution is -2.36. The van der Waals surface area contributed by atoms with Gasteiger partial charge in [0.2, 0.25) is 0 Å². The maximum Gasteiger partial charge on any atom is 0.416 e. The first-order valence-electron chi connectivity index (χ1n) is 8.78. The van der Waals surface area contributed by atoms with Gasteiger partial charge in [-0.25, -0.2) is 14.6 Å². The van der Waals surface area contributed by atoms with Crippen LogP contribution in [0.5, 0.6) is 0 Å². The first-order valence-corrected chi connectivity index (χ1v) is 9.66. The Labute approximate surface area is 175 Å². The molecule has 2 amide bonds. The second-order valence-corrected chi connectivity index (χ2v) is 7.64. The molecule has 1 saturated carbocycles. The number of amides is 2. The molecule has 1 aliphatic carbocycles. The van der Waals surface area contributed by atoms with Crippen molar-refractivity contribution in [1.29, 1.82) is 0 Å². The number of halogens is 6. The molecule has 1 fully saturated rings. The molecule has 168 valence electrons. The SMILES string of the molecule is COC(=O)c1csc(CN(C(=O)Nc2cc(C(F)(F)F)cc(C(F)(F)F)c2)C2CC2)n1. The Morgan fingerprint density at radius 1 is 1.13 bits per heavy atom. The van der Waals surface area contributed by atoms with Gasteiger partial charge in [-0.2, -0.15) is 26.3 Å². The summed E-state index contributed by atoms with van der Waals surface area (Å²) < 4.78 is 82.7. The Morgan fingerprint density at radius 2 is 1.71 bits per heavy atom. The second kappa shape index (κ2) is 8.36. The molecule has 0 bridgehead atoms. The molecular weight excluding hydrogens is 452 g/mol. The standard InChI is InChI=1S/C18H15F6N3O3S/c1-30-15(28)13-8-31-14(26-13)7-27(12-2-3-12)16(29)25-11-5-9(17(19,20)21)4-10(6-11)18(22,23)24/h4-6,8,12H,2-3,7H2,1H3,(H,25,29). The lowest BCUT2D eigenvalue weighted by atomic mass is 10.1. The zero-order valence-electron chi connectivity index (χ0n) is 15.8. The van der Waals surface area contributed by atoms with Gasteiger partial charge in [0.15, 0.2) is 5.69 Å². The predicted octanol–water partition coefficient (Wildman–Crippen LogP) is 5.16. The highest BCUT2D eigenvalue weighted by molar-refractivity contribution is 7.09. The molecule has 0 spiro atoms. The monoisotopic (exact) mass is 467 g/mol. The van der Waals surface area contributed by atoms with Crippen molar-refractivity contribution in [3.05, 3.63) is 45.4 Å². The predicted molar refractivity (Wildman–Crippen MR) is 97.5 cm³/mol. The van der Waals surface area contributed by atoms with Crippen molar-refractivity contribution < 1.29 is 40.7 Å². The number of ether oxygens (including phenoxy) is 1. The second-order valence-electron chi connectivity index (χ2n) is 6.70. The number of hydrogen-bond donors (Lipinski definition) is 1. The average Bonchev–Trinajstić information content (AvgIpc) is 3.41. The van der Waals surface area contributed by atoms with Gasteiger partial charge in [-0.05, 0) is 31.0 Å². The number of hydrogen-bond acceptors (Lipinski definition) is 5. The summed E-state index contributed by atoms with van der Waals surface area (Å²) in [6.45, 7) is -0.0662. The Morgan fingerprint density at radius 3 is 2.19 bits per heavy atom. The lowest BCUT2D eigenvalue weighted by Gasteiger charge is -2.22. The summed E-state index contributed by atoms with van der Waals surface area (Å²) in [6, 6.07) is -0.241.